The second-order valence-corrected chi connectivity index (χ2v) is 10.4. The second kappa shape index (κ2) is 18.1. The van der Waals surface area contributed by atoms with Crippen molar-refractivity contribution in [1.29, 1.82) is 0 Å². The molecule has 12 heteroatoms. The van der Waals surface area contributed by atoms with Crippen molar-refractivity contribution in [3.63, 3.8) is 0 Å². The third-order valence-electron chi connectivity index (χ3n) is 4.02. The second-order valence-electron chi connectivity index (χ2n) is 10.4. The normalized spacial score (nSPS) is 10.2. The number of anilines is 4. The summed E-state index contributed by atoms with van der Waals surface area (Å²) in [6, 6.07) is 14.0. The van der Waals surface area contributed by atoms with Gasteiger partial charge in [0.25, 0.3) is 0 Å². The van der Waals surface area contributed by atoms with E-state index in [0.717, 1.165) is 0 Å². The molecule has 2 rings (SSSR count). The van der Waals surface area contributed by atoms with Gasteiger partial charge in [-0.3, -0.25) is 19.2 Å². The van der Waals surface area contributed by atoms with Crippen molar-refractivity contribution in [3.8, 4) is 0 Å². The van der Waals surface area contributed by atoms with Gasteiger partial charge in [0.1, 0.15) is 11.2 Å². The Kier molecular flexibility index (Phi) is 17.2. The first-order chi connectivity index (χ1) is 17.9. The molecule has 0 aliphatic rings. The van der Waals surface area contributed by atoms with E-state index in [2.05, 4.69) is 5.32 Å². The molecule has 40 heavy (non-hydrogen) atoms. The van der Waals surface area contributed by atoms with E-state index in [0.29, 0.717) is 22.7 Å². The van der Waals surface area contributed by atoms with Crippen LogP contribution in [-0.4, -0.2) is 48.5 Å². The van der Waals surface area contributed by atoms with Crippen molar-refractivity contribution in [2.75, 3.05) is 22.5 Å². The Morgan fingerprint density at radius 2 is 1.10 bits per heavy atom. The van der Waals surface area contributed by atoms with Crippen LogP contribution in [0.15, 0.2) is 48.5 Å². The van der Waals surface area contributed by atoms with Gasteiger partial charge in [-0.15, -0.1) is 0 Å². The zero-order valence-corrected chi connectivity index (χ0v) is 24.2. The van der Waals surface area contributed by atoms with Crippen LogP contribution in [0.1, 0.15) is 67.2 Å². The molecule has 11 nitrogen and oxygen atoms in total. The third-order valence-corrected chi connectivity index (χ3v) is 4.02. The molecule has 0 fully saturated rings. The number of carbonyl (C=O) groups excluding carboxylic acids is 3. The van der Waals surface area contributed by atoms with Crippen molar-refractivity contribution in [2.45, 2.75) is 78.4 Å². The summed E-state index contributed by atoms with van der Waals surface area (Å²) in [7, 11) is 0. The van der Waals surface area contributed by atoms with Crippen LogP contribution < -0.4 is 22.5 Å². The highest BCUT2D eigenvalue weighted by atomic mass is 16.6. The van der Waals surface area contributed by atoms with Crippen LogP contribution in [0.5, 0.6) is 0 Å². The van der Waals surface area contributed by atoms with E-state index in [1.165, 1.54) is 0 Å². The fourth-order valence-corrected chi connectivity index (χ4v) is 2.61. The summed E-state index contributed by atoms with van der Waals surface area (Å²) >= 11 is 0. The van der Waals surface area contributed by atoms with Crippen molar-refractivity contribution in [2.24, 2.45) is 0 Å². The Balaban J connectivity index is 0. The highest BCUT2D eigenvalue weighted by Crippen LogP contribution is 2.13. The zero-order valence-electron chi connectivity index (χ0n) is 24.2. The molecular formula is C28H42BN4O7. The molecule has 0 bridgehead atoms. The topological polar surface area (TPSA) is 197 Å². The van der Waals surface area contributed by atoms with Gasteiger partial charge < -0.3 is 37.1 Å². The number of nitrogens with one attached hydrogen (secondary N) is 1. The molecule has 8 N–H and O–H groups in total. The minimum absolute atomic E-state index is 0. The average molecular weight is 557 g/mol. The van der Waals surface area contributed by atoms with Crippen molar-refractivity contribution >= 4 is 55.0 Å². The lowest BCUT2D eigenvalue weighted by molar-refractivity contribution is -0.157. The van der Waals surface area contributed by atoms with E-state index in [1.54, 1.807) is 84.0 Å². The molecule has 2 aromatic rings. The van der Waals surface area contributed by atoms with Crippen LogP contribution in [0, 0.1) is 0 Å². The number of rotatable bonds is 7. The van der Waals surface area contributed by atoms with Crippen molar-refractivity contribution < 1.29 is 33.8 Å². The number of carbonyl (C=O) groups is 4. The van der Waals surface area contributed by atoms with Crippen LogP contribution >= 0.6 is 0 Å². The highest BCUT2D eigenvalue weighted by Gasteiger charge is 2.17. The van der Waals surface area contributed by atoms with Crippen LogP contribution in [-0.2, 0) is 28.7 Å². The first-order valence-corrected chi connectivity index (χ1v) is 12.3. The summed E-state index contributed by atoms with van der Waals surface area (Å²) in [6.07, 6.45) is -0.0867. The van der Waals surface area contributed by atoms with E-state index in [9.17, 15) is 19.2 Å². The number of ether oxygens (including phenoxy) is 2. The van der Waals surface area contributed by atoms with Crippen LogP contribution in [0.3, 0.4) is 0 Å². The van der Waals surface area contributed by atoms with Crippen LogP contribution in [0.25, 0.3) is 0 Å². The van der Waals surface area contributed by atoms with Gasteiger partial charge in [0.15, 0.2) is 0 Å². The lowest BCUT2D eigenvalue weighted by Gasteiger charge is -2.19. The number of benzene rings is 2. The maximum atomic E-state index is 11.6. The standard InChI is InChI=1S/C14H20N2O3.C8H14O4.C6H8N2.B/c1-14(2,3)19-13(18)8-7-12(17)16-11-6-4-5-10(15)9-11;1-8(2,3)12-7(11)5-4-6(9)10;7-5-2-1-3-6(8)4-5;/h4-6,9H,7-8,15H2,1-3H3,(H,16,17);4-5H2,1-3H3,(H,9,10);1-4H,7-8H2;. The lowest BCUT2D eigenvalue weighted by Crippen LogP contribution is -2.24. The average Bonchev–Trinajstić information content (AvgIpc) is 2.75. The van der Waals surface area contributed by atoms with Gasteiger partial charge in [-0.2, -0.15) is 0 Å². The fraction of sp³-hybridized carbons (Fsp3) is 0.429. The largest absolute Gasteiger partial charge is 0.481 e. The SMILES string of the molecule is CC(C)(C)OC(=O)CCC(=O)Nc1cccc(N)c1.CC(C)(C)OC(=O)CCC(=O)O.Nc1cccc(N)c1.[B]. The third kappa shape index (κ3) is 22.9. The molecule has 0 spiro atoms. The molecule has 0 aliphatic carbocycles. The summed E-state index contributed by atoms with van der Waals surface area (Å²) in [5.74, 6) is -2.07. The van der Waals surface area contributed by atoms with Crippen LogP contribution in [0.2, 0.25) is 0 Å². The quantitative estimate of drug-likeness (QED) is 0.188. The molecule has 0 atom stereocenters. The molecule has 0 heterocycles. The predicted molar refractivity (Wildman–Crippen MR) is 158 cm³/mol. The molecule has 0 aromatic heterocycles. The van der Waals surface area contributed by atoms with Gasteiger partial charge >= 0.3 is 17.9 Å². The van der Waals surface area contributed by atoms with Gasteiger partial charge in [-0.05, 0) is 77.9 Å². The Morgan fingerprint density at radius 3 is 1.45 bits per heavy atom. The van der Waals surface area contributed by atoms with Crippen molar-refractivity contribution in [3.05, 3.63) is 48.5 Å². The number of esters is 2. The number of aliphatic carboxylic acids is 1. The maximum absolute atomic E-state index is 11.6. The monoisotopic (exact) mass is 557 g/mol. The van der Waals surface area contributed by atoms with Crippen LogP contribution in [0.4, 0.5) is 22.7 Å². The smallest absolute Gasteiger partial charge is 0.306 e. The Labute approximate surface area is 238 Å². The Hall–Kier alpha value is -4.22. The summed E-state index contributed by atoms with van der Waals surface area (Å²) in [5, 5.41) is 10.9. The molecule has 219 valence electrons. The zero-order chi connectivity index (χ0) is 30.2. The molecular weight excluding hydrogens is 515 g/mol. The van der Waals surface area contributed by atoms with Gasteiger partial charge in [0.05, 0.1) is 19.3 Å². The highest BCUT2D eigenvalue weighted by molar-refractivity contribution is 5.93. The predicted octanol–water partition coefficient (Wildman–Crippen LogP) is 3.99. The van der Waals surface area contributed by atoms with E-state index < -0.39 is 23.1 Å². The van der Waals surface area contributed by atoms with E-state index in [1.807, 2.05) is 6.07 Å². The summed E-state index contributed by atoms with van der Waals surface area (Å²) < 4.78 is 10.0. The van der Waals surface area contributed by atoms with Gasteiger partial charge in [0.2, 0.25) is 5.91 Å². The number of amides is 1. The molecule has 3 radical (unpaired) electrons. The Bertz CT molecular complexity index is 1080. The summed E-state index contributed by atoms with van der Waals surface area (Å²) in [4.78, 5) is 44.0. The fourth-order valence-electron chi connectivity index (χ4n) is 2.61. The number of hydrogen-bond donors (Lipinski definition) is 5. The Morgan fingerprint density at radius 1 is 0.700 bits per heavy atom. The van der Waals surface area contributed by atoms with E-state index >= 15 is 0 Å². The van der Waals surface area contributed by atoms with Gasteiger partial charge in [-0.25, -0.2) is 0 Å². The molecule has 0 saturated carbocycles. The van der Waals surface area contributed by atoms with E-state index in [4.69, 9.17) is 31.8 Å². The number of carboxylic acid groups (broad SMARTS) is 1. The summed E-state index contributed by atoms with van der Waals surface area (Å²) in [6.45, 7) is 10.6. The minimum atomic E-state index is -0.985. The number of nitrogen functional groups attached to an aromatic ring is 3. The first-order valence-electron chi connectivity index (χ1n) is 12.3. The molecule has 1 amide bonds. The number of hydrogen-bond acceptors (Lipinski definition) is 9. The molecule has 2 aromatic carbocycles. The maximum Gasteiger partial charge on any atom is 0.306 e. The molecule has 0 saturated heterocycles. The van der Waals surface area contributed by atoms with E-state index in [-0.39, 0.29) is 46.0 Å². The van der Waals surface area contributed by atoms with Gasteiger partial charge in [0, 0.05) is 37.6 Å². The summed E-state index contributed by atoms with van der Waals surface area (Å²) in [5.41, 5.74) is 17.9. The van der Waals surface area contributed by atoms with Gasteiger partial charge in [-0.1, -0.05) is 12.1 Å². The molecule has 0 unspecified atom stereocenters. The number of carboxylic acids is 1. The minimum Gasteiger partial charge on any atom is -0.481 e. The van der Waals surface area contributed by atoms with Crippen molar-refractivity contribution in [1.82, 2.24) is 0 Å². The lowest BCUT2D eigenvalue weighted by atomic mass is 10.2. The molecule has 0 aliphatic heterocycles. The number of nitrogens with two attached hydrogens (primary N) is 3. The first kappa shape index (κ1) is 37.9.